The fourth-order valence-corrected chi connectivity index (χ4v) is 2.85. The SMILES string of the molecule is CC(C)c1ccoc1C(=O)N1CCCC(O)(CC(N)=O)C1. The van der Waals surface area contributed by atoms with Gasteiger partial charge < -0.3 is 20.2 Å². The highest BCUT2D eigenvalue weighted by atomic mass is 16.3. The third-order valence-corrected chi connectivity index (χ3v) is 3.86. The smallest absolute Gasteiger partial charge is 0.289 e. The molecule has 0 aliphatic carbocycles. The Morgan fingerprint density at radius 1 is 1.52 bits per heavy atom. The first-order valence-electron chi connectivity index (χ1n) is 7.20. The van der Waals surface area contributed by atoms with Crippen LogP contribution in [0.15, 0.2) is 16.7 Å². The molecule has 3 N–H and O–H groups in total. The molecule has 0 radical (unpaired) electrons. The van der Waals surface area contributed by atoms with Gasteiger partial charge in [0.2, 0.25) is 5.91 Å². The number of furan rings is 1. The number of primary amides is 1. The lowest BCUT2D eigenvalue weighted by Crippen LogP contribution is -2.51. The quantitative estimate of drug-likeness (QED) is 0.873. The third kappa shape index (κ3) is 3.44. The molecule has 1 fully saturated rings. The van der Waals surface area contributed by atoms with Gasteiger partial charge >= 0.3 is 0 Å². The predicted molar refractivity (Wildman–Crippen MR) is 76.7 cm³/mol. The van der Waals surface area contributed by atoms with Crippen LogP contribution in [-0.2, 0) is 4.79 Å². The van der Waals surface area contributed by atoms with E-state index in [9.17, 15) is 14.7 Å². The Bertz CT molecular complexity index is 538. The summed E-state index contributed by atoms with van der Waals surface area (Å²) in [6, 6.07) is 1.79. The van der Waals surface area contributed by atoms with Gasteiger partial charge in [-0.3, -0.25) is 9.59 Å². The topological polar surface area (TPSA) is 96.8 Å². The molecule has 2 heterocycles. The number of likely N-dealkylation sites (tertiary alicyclic amines) is 1. The molecule has 1 saturated heterocycles. The summed E-state index contributed by atoms with van der Waals surface area (Å²) in [5, 5.41) is 10.4. The second-order valence-electron chi connectivity index (χ2n) is 6.06. The molecule has 0 bridgehead atoms. The van der Waals surface area contributed by atoms with Gasteiger partial charge in [0, 0.05) is 12.1 Å². The first kappa shape index (κ1) is 15.6. The van der Waals surface area contributed by atoms with Crippen molar-refractivity contribution < 1.29 is 19.1 Å². The maximum atomic E-state index is 12.6. The van der Waals surface area contributed by atoms with Gasteiger partial charge in [0.1, 0.15) is 0 Å². The molecule has 0 aromatic carbocycles. The molecule has 116 valence electrons. The minimum atomic E-state index is -1.23. The molecule has 2 amide bonds. The van der Waals surface area contributed by atoms with Crippen molar-refractivity contribution in [3.8, 4) is 0 Å². The van der Waals surface area contributed by atoms with Crippen LogP contribution < -0.4 is 5.73 Å². The van der Waals surface area contributed by atoms with E-state index in [-0.39, 0.29) is 24.8 Å². The fourth-order valence-electron chi connectivity index (χ4n) is 2.85. The van der Waals surface area contributed by atoms with Crippen LogP contribution in [0.3, 0.4) is 0 Å². The largest absolute Gasteiger partial charge is 0.459 e. The van der Waals surface area contributed by atoms with Crippen molar-refractivity contribution >= 4 is 11.8 Å². The molecule has 6 nitrogen and oxygen atoms in total. The maximum absolute atomic E-state index is 12.6. The van der Waals surface area contributed by atoms with Crippen LogP contribution in [0.2, 0.25) is 0 Å². The van der Waals surface area contributed by atoms with E-state index >= 15 is 0 Å². The molecule has 1 aromatic heterocycles. The zero-order valence-corrected chi connectivity index (χ0v) is 12.5. The van der Waals surface area contributed by atoms with Crippen LogP contribution in [0.5, 0.6) is 0 Å². The van der Waals surface area contributed by atoms with Crippen LogP contribution in [0.1, 0.15) is 55.1 Å². The molecule has 1 aliphatic heterocycles. The average molecular weight is 294 g/mol. The van der Waals surface area contributed by atoms with Crippen molar-refractivity contribution in [1.29, 1.82) is 0 Å². The second-order valence-corrected chi connectivity index (χ2v) is 6.06. The number of hydrogen-bond donors (Lipinski definition) is 2. The number of nitrogens with zero attached hydrogens (tertiary/aromatic N) is 1. The van der Waals surface area contributed by atoms with Crippen molar-refractivity contribution in [3.05, 3.63) is 23.7 Å². The van der Waals surface area contributed by atoms with Crippen LogP contribution in [0.25, 0.3) is 0 Å². The molecule has 0 saturated carbocycles. The summed E-state index contributed by atoms with van der Waals surface area (Å²) in [4.78, 5) is 25.2. The Labute approximate surface area is 123 Å². The number of carbonyl (C=O) groups is 2. The molecule has 1 aromatic rings. The maximum Gasteiger partial charge on any atom is 0.289 e. The Morgan fingerprint density at radius 3 is 2.86 bits per heavy atom. The van der Waals surface area contributed by atoms with Gasteiger partial charge in [-0.2, -0.15) is 0 Å². The zero-order valence-electron chi connectivity index (χ0n) is 12.5. The van der Waals surface area contributed by atoms with Crippen LogP contribution in [-0.4, -0.2) is 40.5 Å². The number of nitrogens with two attached hydrogens (primary N) is 1. The molecule has 1 unspecified atom stereocenters. The number of amides is 2. The van der Waals surface area contributed by atoms with Crippen molar-refractivity contribution in [2.75, 3.05) is 13.1 Å². The highest BCUT2D eigenvalue weighted by Gasteiger charge is 2.38. The Balaban J connectivity index is 2.16. The van der Waals surface area contributed by atoms with Crippen molar-refractivity contribution in [3.63, 3.8) is 0 Å². The highest BCUT2D eigenvalue weighted by Crippen LogP contribution is 2.28. The van der Waals surface area contributed by atoms with Crippen LogP contribution >= 0.6 is 0 Å². The van der Waals surface area contributed by atoms with Gasteiger partial charge in [0.05, 0.1) is 24.8 Å². The van der Waals surface area contributed by atoms with Gasteiger partial charge in [-0.15, -0.1) is 0 Å². The first-order valence-corrected chi connectivity index (χ1v) is 7.20. The summed E-state index contributed by atoms with van der Waals surface area (Å²) >= 11 is 0. The lowest BCUT2D eigenvalue weighted by Gasteiger charge is -2.38. The monoisotopic (exact) mass is 294 g/mol. The number of rotatable bonds is 4. The lowest BCUT2D eigenvalue weighted by atomic mass is 9.89. The molecular formula is C15H22N2O4. The van der Waals surface area contributed by atoms with E-state index < -0.39 is 11.5 Å². The molecule has 21 heavy (non-hydrogen) atoms. The molecular weight excluding hydrogens is 272 g/mol. The average Bonchev–Trinajstić information content (AvgIpc) is 2.85. The number of carbonyl (C=O) groups excluding carboxylic acids is 2. The molecule has 6 heteroatoms. The minimum Gasteiger partial charge on any atom is -0.459 e. The van der Waals surface area contributed by atoms with Gasteiger partial charge in [-0.1, -0.05) is 13.8 Å². The summed E-state index contributed by atoms with van der Waals surface area (Å²) in [7, 11) is 0. The van der Waals surface area contributed by atoms with E-state index in [4.69, 9.17) is 10.2 Å². The second kappa shape index (κ2) is 5.89. The first-order chi connectivity index (χ1) is 9.82. The van der Waals surface area contributed by atoms with Crippen LogP contribution in [0.4, 0.5) is 0 Å². The number of β-amino-alcohol motifs (C(OH)–C–C–N with tert-alkyl or cyclic N) is 1. The van der Waals surface area contributed by atoms with E-state index in [1.165, 1.54) is 11.2 Å². The van der Waals surface area contributed by atoms with Gasteiger partial charge in [0.15, 0.2) is 5.76 Å². The van der Waals surface area contributed by atoms with E-state index in [1.54, 1.807) is 6.07 Å². The number of piperidine rings is 1. The number of hydrogen-bond acceptors (Lipinski definition) is 4. The lowest BCUT2D eigenvalue weighted by molar-refractivity contribution is -0.125. The van der Waals surface area contributed by atoms with Crippen molar-refractivity contribution in [1.82, 2.24) is 4.90 Å². The Hall–Kier alpha value is -1.82. The van der Waals surface area contributed by atoms with Gasteiger partial charge in [0.25, 0.3) is 5.91 Å². The van der Waals surface area contributed by atoms with E-state index in [2.05, 4.69) is 0 Å². The zero-order chi connectivity index (χ0) is 15.6. The predicted octanol–water partition coefficient (Wildman–Crippen LogP) is 1.25. The van der Waals surface area contributed by atoms with Gasteiger partial charge in [-0.25, -0.2) is 0 Å². The highest BCUT2D eigenvalue weighted by molar-refractivity contribution is 5.93. The third-order valence-electron chi connectivity index (χ3n) is 3.86. The normalized spacial score (nSPS) is 22.6. The standard InChI is InChI=1S/C15H22N2O4/c1-10(2)11-4-7-21-13(11)14(19)17-6-3-5-15(20,9-17)8-12(16)18/h4,7,10,20H,3,5-6,8-9H2,1-2H3,(H2,16,18). The summed E-state index contributed by atoms with van der Waals surface area (Å²) in [5.41, 5.74) is 4.79. The van der Waals surface area contributed by atoms with E-state index in [0.717, 1.165) is 5.56 Å². The van der Waals surface area contributed by atoms with Gasteiger partial charge in [-0.05, 0) is 24.8 Å². The summed E-state index contributed by atoms with van der Waals surface area (Å²) in [5.74, 6) is -0.315. The van der Waals surface area contributed by atoms with E-state index in [0.29, 0.717) is 25.1 Å². The summed E-state index contributed by atoms with van der Waals surface area (Å²) < 4.78 is 5.33. The van der Waals surface area contributed by atoms with Crippen LogP contribution in [0, 0.1) is 0 Å². The number of aliphatic hydroxyl groups is 1. The Kier molecular flexibility index (Phi) is 4.37. The minimum absolute atomic E-state index is 0.104. The molecule has 1 aliphatic rings. The molecule has 0 spiro atoms. The summed E-state index contributed by atoms with van der Waals surface area (Å²) in [6.07, 6.45) is 2.47. The van der Waals surface area contributed by atoms with E-state index in [1.807, 2.05) is 13.8 Å². The molecule has 2 rings (SSSR count). The Morgan fingerprint density at radius 2 is 2.24 bits per heavy atom. The fraction of sp³-hybridized carbons (Fsp3) is 0.600. The molecule has 1 atom stereocenters. The van der Waals surface area contributed by atoms with Crippen molar-refractivity contribution in [2.45, 2.75) is 44.6 Å². The summed E-state index contributed by atoms with van der Waals surface area (Å²) in [6.45, 7) is 4.62. The van der Waals surface area contributed by atoms with Crippen molar-refractivity contribution in [2.24, 2.45) is 5.73 Å².